The first-order chi connectivity index (χ1) is 12.7. The highest BCUT2D eigenvalue weighted by Crippen LogP contribution is 2.24. The summed E-state index contributed by atoms with van der Waals surface area (Å²) in [5.74, 6) is 0.793. The first-order valence-corrected chi connectivity index (χ1v) is 9.52. The molecule has 8 heteroatoms. The van der Waals surface area contributed by atoms with Crippen molar-refractivity contribution in [3.8, 4) is 0 Å². The Hall–Kier alpha value is -2.29. The fraction of sp³-hybridized carbons (Fsp3) is 0.389. The standard InChI is InChI=1S/C18H22N6OS/c1-13-14(10-23(2)22-13)11-24-7-8-25-16(12-24)15-4-3-5-17(20-15)21-18-19-6-9-26-18/h3-6,9-10,16H,7-8,11-12H2,1-2H3,(H,19,20,21). The maximum absolute atomic E-state index is 5.99. The van der Waals surface area contributed by atoms with Crippen molar-refractivity contribution >= 4 is 22.3 Å². The number of thiazole rings is 1. The number of hydrogen-bond donors (Lipinski definition) is 1. The van der Waals surface area contributed by atoms with Crippen LogP contribution < -0.4 is 5.32 Å². The van der Waals surface area contributed by atoms with Crippen molar-refractivity contribution in [2.75, 3.05) is 25.0 Å². The van der Waals surface area contributed by atoms with Crippen molar-refractivity contribution in [2.24, 2.45) is 7.05 Å². The molecule has 1 N–H and O–H groups in total. The van der Waals surface area contributed by atoms with Gasteiger partial charge in [0.15, 0.2) is 5.13 Å². The molecule has 136 valence electrons. The first-order valence-electron chi connectivity index (χ1n) is 8.64. The van der Waals surface area contributed by atoms with Gasteiger partial charge in [-0.25, -0.2) is 9.97 Å². The lowest BCUT2D eigenvalue weighted by Gasteiger charge is -2.32. The molecular weight excluding hydrogens is 348 g/mol. The Balaban J connectivity index is 1.45. The average Bonchev–Trinajstić information content (AvgIpc) is 3.25. The van der Waals surface area contributed by atoms with Gasteiger partial charge in [-0.05, 0) is 19.1 Å². The van der Waals surface area contributed by atoms with E-state index in [0.29, 0.717) is 6.61 Å². The minimum absolute atomic E-state index is 0.0289. The number of aromatic nitrogens is 4. The van der Waals surface area contributed by atoms with Gasteiger partial charge in [0, 0.05) is 50.0 Å². The van der Waals surface area contributed by atoms with Gasteiger partial charge in [0.05, 0.1) is 18.0 Å². The number of pyridine rings is 1. The SMILES string of the molecule is Cc1nn(C)cc1CN1CCOC(c2cccc(Nc3nccs3)n2)C1. The third-order valence-corrected chi connectivity index (χ3v) is 5.12. The number of ether oxygens (including phenoxy) is 1. The van der Waals surface area contributed by atoms with Gasteiger partial charge in [-0.1, -0.05) is 6.07 Å². The van der Waals surface area contributed by atoms with E-state index in [9.17, 15) is 0 Å². The lowest BCUT2D eigenvalue weighted by molar-refractivity contribution is -0.0349. The molecule has 1 fully saturated rings. The van der Waals surface area contributed by atoms with Crippen LogP contribution in [0.5, 0.6) is 0 Å². The molecule has 1 unspecified atom stereocenters. The number of rotatable bonds is 5. The smallest absolute Gasteiger partial charge is 0.188 e. The first kappa shape index (κ1) is 17.1. The minimum Gasteiger partial charge on any atom is -0.369 e. The summed E-state index contributed by atoms with van der Waals surface area (Å²) in [6.45, 7) is 5.39. The molecule has 0 spiro atoms. The predicted molar refractivity (Wildman–Crippen MR) is 102 cm³/mol. The Morgan fingerprint density at radius 3 is 3.08 bits per heavy atom. The molecule has 26 heavy (non-hydrogen) atoms. The van der Waals surface area contributed by atoms with E-state index in [1.807, 2.05) is 35.3 Å². The Labute approximate surface area is 156 Å². The van der Waals surface area contributed by atoms with Crippen LogP contribution in [-0.2, 0) is 18.3 Å². The Morgan fingerprint density at radius 1 is 1.38 bits per heavy atom. The molecule has 1 aliphatic rings. The van der Waals surface area contributed by atoms with Gasteiger partial charge in [0.1, 0.15) is 11.9 Å². The summed E-state index contributed by atoms with van der Waals surface area (Å²) in [5.41, 5.74) is 3.29. The summed E-state index contributed by atoms with van der Waals surface area (Å²) in [4.78, 5) is 11.4. The molecule has 0 aliphatic carbocycles. The van der Waals surface area contributed by atoms with E-state index in [-0.39, 0.29) is 6.10 Å². The maximum atomic E-state index is 5.99. The van der Waals surface area contributed by atoms with Crippen LogP contribution >= 0.6 is 11.3 Å². The molecule has 4 heterocycles. The second-order valence-corrected chi connectivity index (χ2v) is 7.31. The average molecular weight is 370 g/mol. The molecule has 0 aromatic carbocycles. The lowest BCUT2D eigenvalue weighted by Crippen LogP contribution is -2.38. The van der Waals surface area contributed by atoms with Crippen LogP contribution in [0.2, 0.25) is 0 Å². The van der Waals surface area contributed by atoms with Gasteiger partial charge in [-0.2, -0.15) is 5.10 Å². The van der Waals surface area contributed by atoms with Gasteiger partial charge in [-0.3, -0.25) is 9.58 Å². The third kappa shape index (κ3) is 3.92. The zero-order valence-electron chi connectivity index (χ0n) is 14.9. The van der Waals surface area contributed by atoms with E-state index in [1.165, 1.54) is 5.56 Å². The molecule has 0 saturated carbocycles. The van der Waals surface area contributed by atoms with Crippen LogP contribution in [0, 0.1) is 6.92 Å². The fourth-order valence-corrected chi connectivity index (χ4v) is 3.70. The van der Waals surface area contributed by atoms with Crippen molar-refractivity contribution < 1.29 is 4.74 Å². The Kier molecular flexibility index (Phi) is 4.96. The van der Waals surface area contributed by atoms with E-state index in [0.717, 1.165) is 42.0 Å². The van der Waals surface area contributed by atoms with E-state index < -0.39 is 0 Å². The van der Waals surface area contributed by atoms with Crippen LogP contribution in [-0.4, -0.2) is 44.3 Å². The van der Waals surface area contributed by atoms with E-state index >= 15 is 0 Å². The monoisotopic (exact) mass is 370 g/mol. The summed E-state index contributed by atoms with van der Waals surface area (Å²) in [6.07, 6.45) is 3.84. The zero-order valence-corrected chi connectivity index (χ0v) is 15.7. The lowest BCUT2D eigenvalue weighted by atomic mass is 10.1. The quantitative estimate of drug-likeness (QED) is 0.745. The zero-order chi connectivity index (χ0) is 17.9. The summed E-state index contributed by atoms with van der Waals surface area (Å²) in [5, 5.41) is 10.5. The molecule has 0 bridgehead atoms. The highest BCUT2D eigenvalue weighted by atomic mass is 32.1. The number of hydrogen-bond acceptors (Lipinski definition) is 7. The molecule has 0 amide bonds. The molecule has 4 rings (SSSR count). The molecule has 0 radical (unpaired) electrons. The fourth-order valence-electron chi connectivity index (χ4n) is 3.16. The summed E-state index contributed by atoms with van der Waals surface area (Å²) in [7, 11) is 1.96. The van der Waals surface area contributed by atoms with E-state index in [1.54, 1.807) is 17.5 Å². The second-order valence-electron chi connectivity index (χ2n) is 6.42. The van der Waals surface area contributed by atoms with Crippen molar-refractivity contribution in [3.05, 3.63) is 52.9 Å². The van der Waals surface area contributed by atoms with Crippen LogP contribution in [0.1, 0.15) is 23.1 Å². The highest BCUT2D eigenvalue weighted by Gasteiger charge is 2.24. The molecule has 1 aliphatic heterocycles. The normalized spacial score (nSPS) is 18.2. The van der Waals surface area contributed by atoms with Crippen LogP contribution in [0.4, 0.5) is 10.9 Å². The van der Waals surface area contributed by atoms with Crippen LogP contribution in [0.15, 0.2) is 36.0 Å². The summed E-state index contributed by atoms with van der Waals surface area (Å²) >= 11 is 1.55. The van der Waals surface area contributed by atoms with E-state index in [2.05, 4.69) is 33.4 Å². The Bertz CT molecular complexity index is 862. The van der Waals surface area contributed by atoms with Crippen molar-refractivity contribution in [3.63, 3.8) is 0 Å². The van der Waals surface area contributed by atoms with Gasteiger partial charge >= 0.3 is 0 Å². The minimum atomic E-state index is -0.0289. The molecule has 1 saturated heterocycles. The molecule has 7 nitrogen and oxygen atoms in total. The van der Waals surface area contributed by atoms with Gasteiger partial charge < -0.3 is 10.1 Å². The summed E-state index contributed by atoms with van der Waals surface area (Å²) < 4.78 is 7.86. The number of anilines is 2. The largest absolute Gasteiger partial charge is 0.369 e. The number of morpholine rings is 1. The molecule has 3 aromatic rings. The predicted octanol–water partition coefficient (Wildman–Crippen LogP) is 2.90. The van der Waals surface area contributed by atoms with Crippen LogP contribution in [0.3, 0.4) is 0 Å². The van der Waals surface area contributed by atoms with Crippen LogP contribution in [0.25, 0.3) is 0 Å². The van der Waals surface area contributed by atoms with E-state index in [4.69, 9.17) is 9.72 Å². The van der Waals surface area contributed by atoms with Crippen molar-refractivity contribution in [1.29, 1.82) is 0 Å². The molecular formula is C18H22N6OS. The second kappa shape index (κ2) is 7.53. The summed E-state index contributed by atoms with van der Waals surface area (Å²) in [6, 6.07) is 5.98. The van der Waals surface area contributed by atoms with Crippen molar-refractivity contribution in [1.82, 2.24) is 24.6 Å². The van der Waals surface area contributed by atoms with Crippen molar-refractivity contribution in [2.45, 2.75) is 19.6 Å². The third-order valence-electron chi connectivity index (χ3n) is 4.43. The molecule has 1 atom stereocenters. The topological polar surface area (TPSA) is 68.1 Å². The Morgan fingerprint density at radius 2 is 2.31 bits per heavy atom. The van der Waals surface area contributed by atoms with Gasteiger partial charge in [0.25, 0.3) is 0 Å². The maximum Gasteiger partial charge on any atom is 0.188 e. The number of aryl methyl sites for hydroxylation is 2. The van der Waals surface area contributed by atoms with Gasteiger partial charge in [0.2, 0.25) is 0 Å². The number of nitrogens with zero attached hydrogens (tertiary/aromatic N) is 5. The molecule has 3 aromatic heterocycles. The number of nitrogens with one attached hydrogen (secondary N) is 1. The highest BCUT2D eigenvalue weighted by molar-refractivity contribution is 7.13. The van der Waals surface area contributed by atoms with Gasteiger partial charge in [-0.15, -0.1) is 11.3 Å².